The number of nitrogens with zero attached hydrogens (tertiary/aromatic N) is 2. The van der Waals surface area contributed by atoms with Crippen molar-refractivity contribution in [3.05, 3.63) is 368 Å². The summed E-state index contributed by atoms with van der Waals surface area (Å²) in [4.78, 5) is 117. The number of methoxy groups -OCH3 is 4. The lowest BCUT2D eigenvalue weighted by atomic mass is 9.76. The summed E-state index contributed by atoms with van der Waals surface area (Å²) >= 11 is 0. The maximum Gasteiger partial charge on any atom is 0.266 e. The molecule has 6 aliphatic rings. The number of carbonyl (C=O) groups excluding carboxylic acids is 8. The van der Waals surface area contributed by atoms with E-state index in [1.807, 2.05) is 206 Å². The number of anilines is 2. The van der Waals surface area contributed by atoms with Gasteiger partial charge in [-0.3, -0.25) is 38.4 Å². The SMILES string of the molecule is CC(C)c1cccc(C(C)C)c1N1C(=O)c2ccc3c4ccc5c6ccc7c8c(ccc(c9ccc(c%10ccc(c2c3%10)C1=O)c4c59)c86)C(=O)N(c1c(C(C)C)cccc1C(C)C)C7=O.COc1cc2c3c(ccc4c5ccc6c7c(cc(OC)c(c1c34)c75)-c1ccccc1C6=O)C(=O)c1ccccc1-2.COc1cc2c3c(ccc4c5ccc6c7c(cc(OC)c(c1c34)c75)-c1ccccc1C6=O)C(=O)c1ccccc1-2. The van der Waals surface area contributed by atoms with Gasteiger partial charge in [0, 0.05) is 142 Å². The van der Waals surface area contributed by atoms with Crippen LogP contribution in [0.15, 0.2) is 279 Å². The van der Waals surface area contributed by atoms with Crippen molar-refractivity contribution in [1.29, 1.82) is 0 Å². The number of ether oxygens (including phenoxy) is 4. The van der Waals surface area contributed by atoms with Gasteiger partial charge in [0.2, 0.25) is 0 Å². The molecular formula is C130H86N2O12. The zero-order chi connectivity index (χ0) is 98.1. The van der Waals surface area contributed by atoms with Crippen LogP contribution in [0.4, 0.5) is 11.4 Å². The molecule has 0 saturated carbocycles. The molecule has 0 atom stereocenters. The fourth-order valence-corrected chi connectivity index (χ4v) is 26.2. The highest BCUT2D eigenvalue weighted by atomic mass is 16.5. The number of carbonyl (C=O) groups is 8. The Hall–Kier alpha value is -17.6. The molecule has 14 heteroatoms. The smallest absolute Gasteiger partial charge is 0.266 e. The van der Waals surface area contributed by atoms with Gasteiger partial charge in [0.1, 0.15) is 23.0 Å². The van der Waals surface area contributed by atoms with Crippen LogP contribution >= 0.6 is 0 Å². The Labute approximate surface area is 824 Å². The Bertz CT molecular complexity index is 9100. The molecule has 144 heavy (non-hydrogen) atoms. The van der Waals surface area contributed by atoms with Gasteiger partial charge < -0.3 is 18.9 Å². The van der Waals surface area contributed by atoms with Crippen LogP contribution in [0.3, 0.4) is 0 Å². The predicted molar refractivity (Wildman–Crippen MR) is 580 cm³/mol. The minimum Gasteiger partial charge on any atom is -0.496 e. The number of hydrogen-bond acceptors (Lipinski definition) is 12. The molecule has 0 N–H and O–H groups in total. The third kappa shape index (κ3) is 10.7. The largest absolute Gasteiger partial charge is 0.496 e. The highest BCUT2D eigenvalue weighted by molar-refractivity contribution is 6.51. The van der Waals surface area contributed by atoms with E-state index >= 15 is 0 Å². The van der Waals surface area contributed by atoms with Gasteiger partial charge in [-0.2, -0.15) is 0 Å². The second kappa shape index (κ2) is 30.0. The van der Waals surface area contributed by atoms with Crippen LogP contribution in [0.1, 0.15) is 206 Å². The van der Waals surface area contributed by atoms with E-state index in [1.165, 1.54) is 9.80 Å². The number of amides is 4. The minimum absolute atomic E-state index is 0.0241. The number of ketones is 4. The first-order valence-electron chi connectivity index (χ1n) is 49.2. The molecule has 30 rings (SSSR count). The molecule has 4 aliphatic carbocycles. The van der Waals surface area contributed by atoms with Crippen LogP contribution in [0.25, 0.3) is 206 Å². The summed E-state index contributed by atoms with van der Waals surface area (Å²) < 4.78 is 24.4. The topological polar surface area (TPSA) is 180 Å². The van der Waals surface area contributed by atoms with Crippen molar-refractivity contribution >= 4 is 220 Å². The number of para-hydroxylation sites is 2. The molecule has 0 fully saturated rings. The lowest BCUT2D eigenvalue weighted by Crippen LogP contribution is -2.41. The molecule has 4 amide bonds. The van der Waals surface area contributed by atoms with Crippen molar-refractivity contribution in [3.63, 3.8) is 0 Å². The van der Waals surface area contributed by atoms with Crippen LogP contribution in [-0.4, -0.2) is 75.2 Å². The second-order valence-corrected chi connectivity index (χ2v) is 40.4. The summed E-state index contributed by atoms with van der Waals surface area (Å²) in [6.07, 6.45) is 0. The van der Waals surface area contributed by atoms with Gasteiger partial charge in [0.15, 0.2) is 23.1 Å². The van der Waals surface area contributed by atoms with E-state index in [2.05, 4.69) is 128 Å². The van der Waals surface area contributed by atoms with Gasteiger partial charge in [-0.05, 0) is 249 Å². The van der Waals surface area contributed by atoms with Crippen molar-refractivity contribution in [1.82, 2.24) is 0 Å². The summed E-state index contributed by atoms with van der Waals surface area (Å²) in [5.74, 6) is 2.16. The average Bonchev–Trinajstić information content (AvgIpc) is 0.680. The Morgan fingerprint density at radius 2 is 0.340 bits per heavy atom. The number of fused-ring (bicyclic) bond motifs is 16. The molecule has 0 radical (unpaired) electrons. The van der Waals surface area contributed by atoms with Crippen molar-refractivity contribution in [3.8, 4) is 67.5 Å². The number of imide groups is 2. The van der Waals surface area contributed by atoms with Gasteiger partial charge in [-0.15, -0.1) is 0 Å². The predicted octanol–water partition coefficient (Wildman–Crippen LogP) is 31.1. The maximum absolute atomic E-state index is 14.8. The average molecular weight is 1870 g/mol. The molecule has 0 saturated heterocycles. The molecule has 2 aliphatic heterocycles. The Morgan fingerprint density at radius 3 is 0.542 bits per heavy atom. The van der Waals surface area contributed by atoms with Crippen LogP contribution in [-0.2, 0) is 0 Å². The first-order chi connectivity index (χ1) is 70.0. The second-order valence-electron chi connectivity index (χ2n) is 40.4. The highest BCUT2D eigenvalue weighted by Crippen LogP contribution is 2.61. The third-order valence-electron chi connectivity index (χ3n) is 32.3. The van der Waals surface area contributed by atoms with Gasteiger partial charge >= 0.3 is 0 Å². The lowest BCUT2D eigenvalue weighted by Gasteiger charge is -2.33. The Balaban J connectivity index is 0.000000110. The van der Waals surface area contributed by atoms with E-state index in [4.69, 9.17) is 18.9 Å². The van der Waals surface area contributed by atoms with E-state index in [0.717, 1.165) is 218 Å². The first kappa shape index (κ1) is 84.4. The third-order valence-corrected chi connectivity index (χ3v) is 32.3. The van der Waals surface area contributed by atoms with Crippen molar-refractivity contribution in [2.45, 2.75) is 79.1 Å². The number of rotatable bonds is 10. The fourth-order valence-electron chi connectivity index (χ4n) is 26.2. The van der Waals surface area contributed by atoms with E-state index < -0.39 is 0 Å². The minimum atomic E-state index is -0.298. The molecule has 24 aromatic carbocycles. The van der Waals surface area contributed by atoms with Crippen LogP contribution in [0.5, 0.6) is 23.0 Å². The van der Waals surface area contributed by atoms with E-state index in [1.54, 1.807) is 28.4 Å². The molecule has 0 unspecified atom stereocenters. The first-order valence-corrected chi connectivity index (χ1v) is 49.2. The molecule has 688 valence electrons. The van der Waals surface area contributed by atoms with Crippen molar-refractivity contribution < 1.29 is 57.3 Å². The quantitative estimate of drug-likeness (QED) is 0.0719. The molecule has 2 heterocycles. The Kier molecular flexibility index (Phi) is 17.6. The van der Waals surface area contributed by atoms with E-state index in [-0.39, 0.29) is 70.4 Å². The zero-order valence-corrected chi connectivity index (χ0v) is 80.7. The molecule has 0 bridgehead atoms. The fraction of sp³-hybridized carbons (Fsp3) is 0.123. The summed E-state index contributed by atoms with van der Waals surface area (Å²) in [6, 6.07) is 92.1. The number of benzene rings is 24. The Morgan fingerprint density at radius 1 is 0.167 bits per heavy atom. The maximum atomic E-state index is 14.8. The van der Waals surface area contributed by atoms with Gasteiger partial charge in [0.05, 0.1) is 39.8 Å². The standard InChI is InChI=1S/C58H46N2O4.2C36H20O4/c1-27(2)31-11-9-12-32(28(3)4)53(31)59-55(61)43-23-19-39-35-15-17-37-41-21-25-45-52-46(58(64)60(57(45)63)54-33(29(5)6)13-10-14-34(54)30(7)8)26-22-42(50(41)52)38-18-16-36(47(35)48(37)38)40-20-24-44(56(59)62)51(43)49(39)40;2*1-39-27-15-25-17-7-3-5-9-21(17)35(37)23-13-11-19-20-12-14-24-30-26(18-8-4-6-10-22(18)36(24)38)16-28(40-2)34(32(20)30)33(27)31(19)29(23)25/h9-30H,1-8H3;2*3-16H,1-2H3. The summed E-state index contributed by atoms with van der Waals surface area (Å²) in [6.45, 7) is 16.8. The van der Waals surface area contributed by atoms with Gasteiger partial charge in [0.25, 0.3) is 23.6 Å². The molecule has 14 nitrogen and oxygen atoms in total. The molecule has 0 spiro atoms. The summed E-state index contributed by atoms with van der Waals surface area (Å²) in [7, 11) is 6.72. The monoisotopic (exact) mass is 1870 g/mol. The van der Waals surface area contributed by atoms with Crippen molar-refractivity contribution in [2.75, 3.05) is 38.2 Å². The van der Waals surface area contributed by atoms with Crippen LogP contribution in [0, 0.1) is 0 Å². The van der Waals surface area contributed by atoms with Crippen LogP contribution < -0.4 is 28.7 Å². The molecule has 24 aromatic rings. The lowest BCUT2D eigenvalue weighted by molar-refractivity contribution is 0.0877. The van der Waals surface area contributed by atoms with Crippen molar-refractivity contribution in [2.24, 2.45) is 0 Å². The normalized spacial score (nSPS) is 13.9. The number of hydrogen-bond donors (Lipinski definition) is 0. The van der Waals surface area contributed by atoms with Gasteiger partial charge in [-0.25, -0.2) is 9.80 Å². The highest BCUT2D eigenvalue weighted by Gasteiger charge is 2.44. The van der Waals surface area contributed by atoms with Crippen LogP contribution in [0.2, 0.25) is 0 Å². The summed E-state index contributed by atoms with van der Waals surface area (Å²) in [5, 5.41) is 28.9. The van der Waals surface area contributed by atoms with Gasteiger partial charge in [-0.1, -0.05) is 262 Å². The molecule has 0 aromatic heterocycles. The zero-order valence-electron chi connectivity index (χ0n) is 80.7. The summed E-state index contributed by atoms with van der Waals surface area (Å²) in [5.41, 5.74) is 20.6. The van der Waals surface area contributed by atoms with E-state index in [9.17, 15) is 38.4 Å². The molecular weight excluding hydrogens is 1780 g/mol. The van der Waals surface area contributed by atoms with E-state index in [0.29, 0.717) is 112 Å².